The van der Waals surface area contributed by atoms with E-state index in [2.05, 4.69) is 4.90 Å². The van der Waals surface area contributed by atoms with Gasteiger partial charge in [0.05, 0.1) is 12.1 Å². The van der Waals surface area contributed by atoms with Gasteiger partial charge in [-0.3, -0.25) is 14.5 Å². The van der Waals surface area contributed by atoms with Crippen molar-refractivity contribution in [1.29, 1.82) is 0 Å². The Morgan fingerprint density at radius 2 is 1.53 bits per heavy atom. The van der Waals surface area contributed by atoms with E-state index in [0.717, 1.165) is 42.4 Å². The van der Waals surface area contributed by atoms with Crippen molar-refractivity contribution in [2.75, 3.05) is 31.1 Å². The van der Waals surface area contributed by atoms with E-state index in [4.69, 9.17) is 4.74 Å². The summed E-state index contributed by atoms with van der Waals surface area (Å²) in [6.45, 7) is 1.93. The van der Waals surface area contributed by atoms with Crippen LogP contribution in [-0.4, -0.2) is 48.9 Å². The molecule has 0 unspecified atom stereocenters. The number of ether oxygens (including phenoxy) is 1. The molecule has 0 spiro atoms. The number of hydrogen-bond acceptors (Lipinski definition) is 5. The molecule has 1 fully saturated rings. The normalized spacial score (nSPS) is 15.9. The number of anilines is 1. The molecule has 2 aliphatic heterocycles. The maximum absolute atomic E-state index is 13.2. The van der Waals surface area contributed by atoms with E-state index in [1.807, 2.05) is 30.3 Å². The summed E-state index contributed by atoms with van der Waals surface area (Å²) in [5, 5.41) is 1.67. The van der Waals surface area contributed by atoms with E-state index in [1.165, 1.54) is 11.3 Å². The Morgan fingerprint density at radius 1 is 0.812 bits per heavy atom. The van der Waals surface area contributed by atoms with Crippen LogP contribution in [-0.2, 0) is 4.74 Å². The highest BCUT2D eigenvalue weighted by Crippen LogP contribution is 2.36. The lowest BCUT2D eigenvalue weighted by atomic mass is 9.92. The van der Waals surface area contributed by atoms with Gasteiger partial charge in [0.15, 0.2) is 0 Å². The summed E-state index contributed by atoms with van der Waals surface area (Å²) in [4.78, 5) is 42.1. The summed E-state index contributed by atoms with van der Waals surface area (Å²) < 4.78 is 5.30. The molecule has 0 bridgehead atoms. The molecule has 1 saturated heterocycles. The SMILES string of the molecule is O=C(OCCN1C(=O)c2cccc3c(N4CCCCC4)ccc(c23)C1=O)c1ccccc1. The largest absolute Gasteiger partial charge is 0.460 e. The molecule has 3 aromatic carbocycles. The zero-order valence-corrected chi connectivity index (χ0v) is 17.8. The molecule has 162 valence electrons. The van der Waals surface area contributed by atoms with E-state index in [1.54, 1.807) is 30.3 Å². The minimum Gasteiger partial charge on any atom is -0.460 e. The highest BCUT2D eigenvalue weighted by atomic mass is 16.5. The van der Waals surface area contributed by atoms with Crippen LogP contribution in [0.2, 0.25) is 0 Å². The molecule has 5 rings (SSSR count). The summed E-state index contributed by atoms with van der Waals surface area (Å²) in [5.74, 6) is -1.17. The maximum Gasteiger partial charge on any atom is 0.338 e. The number of nitrogens with zero attached hydrogens (tertiary/aromatic N) is 2. The van der Waals surface area contributed by atoms with Crippen molar-refractivity contribution in [3.8, 4) is 0 Å². The Kier molecular flexibility index (Phi) is 5.35. The molecule has 0 aliphatic carbocycles. The Labute approximate surface area is 186 Å². The van der Waals surface area contributed by atoms with Crippen molar-refractivity contribution < 1.29 is 19.1 Å². The molecular formula is C26H24N2O4. The molecular weight excluding hydrogens is 404 g/mol. The summed E-state index contributed by atoms with van der Waals surface area (Å²) >= 11 is 0. The Bertz CT molecular complexity index is 1180. The smallest absolute Gasteiger partial charge is 0.338 e. The van der Waals surface area contributed by atoms with E-state index >= 15 is 0 Å². The van der Waals surface area contributed by atoms with Crippen molar-refractivity contribution in [2.45, 2.75) is 19.3 Å². The van der Waals surface area contributed by atoms with Crippen LogP contribution < -0.4 is 4.90 Å². The van der Waals surface area contributed by atoms with Gasteiger partial charge in [-0.25, -0.2) is 4.79 Å². The molecule has 6 nitrogen and oxygen atoms in total. The van der Waals surface area contributed by atoms with Crippen LogP contribution in [0.4, 0.5) is 5.69 Å². The third kappa shape index (κ3) is 3.51. The monoisotopic (exact) mass is 428 g/mol. The van der Waals surface area contributed by atoms with E-state index in [9.17, 15) is 14.4 Å². The molecule has 0 radical (unpaired) electrons. The fourth-order valence-electron chi connectivity index (χ4n) is 4.63. The quantitative estimate of drug-likeness (QED) is 0.448. The highest BCUT2D eigenvalue weighted by molar-refractivity contribution is 6.26. The van der Waals surface area contributed by atoms with Gasteiger partial charge in [0.2, 0.25) is 0 Å². The van der Waals surface area contributed by atoms with Gasteiger partial charge in [-0.15, -0.1) is 0 Å². The lowest BCUT2D eigenvalue weighted by Gasteiger charge is -2.32. The van der Waals surface area contributed by atoms with Crippen LogP contribution >= 0.6 is 0 Å². The van der Waals surface area contributed by atoms with E-state index in [-0.39, 0.29) is 25.0 Å². The zero-order chi connectivity index (χ0) is 22.1. The number of esters is 1. The summed E-state index contributed by atoms with van der Waals surface area (Å²) in [6, 6.07) is 18.1. The van der Waals surface area contributed by atoms with Gasteiger partial charge in [0.1, 0.15) is 6.61 Å². The second-order valence-corrected chi connectivity index (χ2v) is 8.17. The summed E-state index contributed by atoms with van der Waals surface area (Å²) in [5.41, 5.74) is 2.55. The third-order valence-corrected chi connectivity index (χ3v) is 6.22. The van der Waals surface area contributed by atoms with Gasteiger partial charge < -0.3 is 9.64 Å². The second kappa shape index (κ2) is 8.46. The van der Waals surface area contributed by atoms with Crippen LogP contribution in [0.3, 0.4) is 0 Å². The fraction of sp³-hybridized carbons (Fsp3) is 0.269. The summed E-state index contributed by atoms with van der Waals surface area (Å²) in [7, 11) is 0. The van der Waals surface area contributed by atoms with Gasteiger partial charge in [-0.2, -0.15) is 0 Å². The van der Waals surface area contributed by atoms with Crippen molar-refractivity contribution in [3.05, 3.63) is 77.4 Å². The number of carbonyl (C=O) groups is 3. The van der Waals surface area contributed by atoms with Crippen LogP contribution in [0, 0.1) is 0 Å². The fourth-order valence-corrected chi connectivity index (χ4v) is 4.63. The first-order valence-electron chi connectivity index (χ1n) is 11.0. The first-order chi connectivity index (χ1) is 15.6. The van der Waals surface area contributed by atoms with Gasteiger partial charge in [0, 0.05) is 40.7 Å². The van der Waals surface area contributed by atoms with Gasteiger partial charge in [0.25, 0.3) is 11.8 Å². The van der Waals surface area contributed by atoms with Crippen molar-refractivity contribution in [3.63, 3.8) is 0 Å². The van der Waals surface area contributed by atoms with Crippen LogP contribution in [0.5, 0.6) is 0 Å². The Morgan fingerprint density at radius 3 is 2.28 bits per heavy atom. The van der Waals surface area contributed by atoms with Crippen molar-refractivity contribution >= 4 is 34.2 Å². The number of amides is 2. The van der Waals surface area contributed by atoms with Gasteiger partial charge in [-0.05, 0) is 49.6 Å². The molecule has 0 saturated carbocycles. The molecule has 2 aliphatic rings. The van der Waals surface area contributed by atoms with Crippen molar-refractivity contribution in [2.24, 2.45) is 0 Å². The number of carbonyl (C=O) groups excluding carboxylic acids is 3. The first kappa shape index (κ1) is 20.2. The number of hydrogen-bond donors (Lipinski definition) is 0. The first-order valence-corrected chi connectivity index (χ1v) is 11.0. The van der Waals surface area contributed by atoms with Crippen molar-refractivity contribution in [1.82, 2.24) is 4.90 Å². The molecule has 32 heavy (non-hydrogen) atoms. The molecule has 6 heteroatoms. The standard InChI is InChI=1S/C26H24N2O4/c29-24-20-11-7-10-19-22(27-14-5-2-6-15-27)13-12-21(23(19)20)25(30)28(24)16-17-32-26(31)18-8-3-1-4-9-18/h1,3-4,7-13H,2,5-6,14-17H2. The van der Waals surface area contributed by atoms with Crippen LogP contribution in [0.25, 0.3) is 10.8 Å². The number of imide groups is 1. The van der Waals surface area contributed by atoms with Crippen LogP contribution in [0.15, 0.2) is 60.7 Å². The lowest BCUT2D eigenvalue weighted by Crippen LogP contribution is -2.42. The van der Waals surface area contributed by atoms with Gasteiger partial charge in [-0.1, -0.05) is 30.3 Å². The number of rotatable bonds is 5. The molecule has 0 atom stereocenters. The lowest BCUT2D eigenvalue weighted by molar-refractivity contribution is 0.0405. The minimum atomic E-state index is -0.476. The predicted octanol–water partition coefficient (Wildman–Crippen LogP) is 4.28. The molecule has 3 aromatic rings. The van der Waals surface area contributed by atoms with E-state index < -0.39 is 5.97 Å². The predicted molar refractivity (Wildman–Crippen MR) is 122 cm³/mol. The maximum atomic E-state index is 13.2. The Balaban J connectivity index is 1.39. The molecule has 0 N–H and O–H groups in total. The molecule has 2 amide bonds. The number of piperidine rings is 1. The molecule has 0 aromatic heterocycles. The average Bonchev–Trinajstić information content (AvgIpc) is 2.85. The number of benzene rings is 3. The minimum absolute atomic E-state index is 0.0138. The zero-order valence-electron chi connectivity index (χ0n) is 17.8. The highest BCUT2D eigenvalue weighted by Gasteiger charge is 2.33. The topological polar surface area (TPSA) is 66.9 Å². The average molecular weight is 428 g/mol. The van der Waals surface area contributed by atoms with Gasteiger partial charge >= 0.3 is 5.97 Å². The van der Waals surface area contributed by atoms with E-state index in [0.29, 0.717) is 16.7 Å². The van der Waals surface area contributed by atoms with Crippen LogP contribution in [0.1, 0.15) is 50.3 Å². The second-order valence-electron chi connectivity index (χ2n) is 8.17. The third-order valence-electron chi connectivity index (χ3n) is 6.22. The summed E-state index contributed by atoms with van der Waals surface area (Å²) in [6.07, 6.45) is 3.53. The molecule has 2 heterocycles. The Hall–Kier alpha value is -3.67.